The minimum absolute atomic E-state index is 0.104. The molecule has 146 valence electrons. The molecule has 0 aromatic carbocycles. The van der Waals surface area contributed by atoms with Crippen LogP contribution in [-0.4, -0.2) is 59.0 Å². The second-order valence-corrected chi connectivity index (χ2v) is 9.45. The first-order chi connectivity index (χ1) is 12.5. The fourth-order valence-corrected chi connectivity index (χ4v) is 6.34. The first-order valence-electron chi connectivity index (χ1n) is 9.02. The fourth-order valence-electron chi connectivity index (χ4n) is 3.47. The maximum Gasteiger partial charge on any atom is 0.413 e. The van der Waals surface area contributed by atoms with Crippen LogP contribution in [0, 0.1) is 11.8 Å². The molecule has 6 unspecified atom stereocenters. The van der Waals surface area contributed by atoms with Crippen LogP contribution in [0.4, 0.5) is 4.79 Å². The molecule has 4 N–H and O–H groups in total. The van der Waals surface area contributed by atoms with E-state index >= 15 is 0 Å². The van der Waals surface area contributed by atoms with E-state index in [1.54, 1.807) is 18.7 Å². The molecular formula is C16H26N4O4S2. The molecule has 10 heteroatoms. The molecule has 8 nitrogen and oxygen atoms in total. The van der Waals surface area contributed by atoms with Crippen molar-refractivity contribution in [1.82, 2.24) is 21.3 Å². The Kier molecular flexibility index (Phi) is 6.70. The van der Waals surface area contributed by atoms with Crippen molar-refractivity contribution in [3.05, 3.63) is 0 Å². The van der Waals surface area contributed by atoms with Gasteiger partial charge in [-0.2, -0.15) is 0 Å². The average Bonchev–Trinajstić information content (AvgIpc) is 3.21. The van der Waals surface area contributed by atoms with Crippen molar-refractivity contribution >= 4 is 41.4 Å². The molecule has 3 aliphatic rings. The van der Waals surface area contributed by atoms with Crippen LogP contribution in [0.15, 0.2) is 0 Å². The molecular weight excluding hydrogens is 376 g/mol. The number of hydrogen-bond donors (Lipinski definition) is 4. The summed E-state index contributed by atoms with van der Waals surface area (Å²) >= 11 is 3.18. The summed E-state index contributed by atoms with van der Waals surface area (Å²) in [6.07, 6.45) is 1.13. The van der Waals surface area contributed by atoms with Gasteiger partial charge in [-0.3, -0.25) is 20.2 Å². The van der Waals surface area contributed by atoms with Gasteiger partial charge in [0.2, 0.25) is 11.8 Å². The lowest BCUT2D eigenvalue weighted by Gasteiger charge is -2.29. The summed E-state index contributed by atoms with van der Waals surface area (Å²) in [6.45, 7) is 5.05. The van der Waals surface area contributed by atoms with Gasteiger partial charge in [0.15, 0.2) is 0 Å². The zero-order valence-electron chi connectivity index (χ0n) is 14.9. The van der Waals surface area contributed by atoms with Gasteiger partial charge in [0.1, 0.15) is 5.37 Å². The molecule has 0 bridgehead atoms. The van der Waals surface area contributed by atoms with Crippen molar-refractivity contribution in [2.75, 3.05) is 18.9 Å². The molecule has 26 heavy (non-hydrogen) atoms. The minimum Gasteiger partial charge on any atom is -0.450 e. The number of rotatable bonds is 4. The van der Waals surface area contributed by atoms with Crippen molar-refractivity contribution in [2.45, 2.75) is 48.9 Å². The van der Waals surface area contributed by atoms with Crippen LogP contribution in [0.5, 0.6) is 0 Å². The summed E-state index contributed by atoms with van der Waals surface area (Å²) in [5.74, 6) is 0.442. The Morgan fingerprint density at radius 3 is 2.85 bits per heavy atom. The second-order valence-electron chi connectivity index (χ2n) is 6.85. The Balaban J connectivity index is 1.52. The number of amides is 3. The van der Waals surface area contributed by atoms with Gasteiger partial charge >= 0.3 is 6.09 Å². The van der Waals surface area contributed by atoms with Crippen molar-refractivity contribution < 1.29 is 19.1 Å². The predicted octanol–water partition coefficient (Wildman–Crippen LogP) is 0.441. The molecule has 0 radical (unpaired) electrons. The maximum atomic E-state index is 12.7. The van der Waals surface area contributed by atoms with Crippen LogP contribution in [0.3, 0.4) is 0 Å². The van der Waals surface area contributed by atoms with Crippen LogP contribution in [0.25, 0.3) is 0 Å². The third-order valence-electron chi connectivity index (χ3n) is 4.79. The topological polar surface area (TPSA) is 109 Å². The normalized spacial score (nSPS) is 36.2. The first kappa shape index (κ1) is 19.8. The Bertz CT molecular complexity index is 564. The van der Waals surface area contributed by atoms with Crippen LogP contribution >= 0.6 is 23.5 Å². The van der Waals surface area contributed by atoms with E-state index in [-0.39, 0.29) is 29.4 Å². The van der Waals surface area contributed by atoms with Crippen molar-refractivity contribution in [3.63, 3.8) is 0 Å². The summed E-state index contributed by atoms with van der Waals surface area (Å²) < 4.78 is 4.75. The van der Waals surface area contributed by atoms with Crippen molar-refractivity contribution in [1.29, 1.82) is 0 Å². The molecule has 0 aromatic rings. The molecule has 3 amide bonds. The average molecular weight is 403 g/mol. The summed E-state index contributed by atoms with van der Waals surface area (Å²) in [7, 11) is 0. The minimum atomic E-state index is -0.739. The summed E-state index contributed by atoms with van der Waals surface area (Å²) in [5.41, 5.74) is 0. The van der Waals surface area contributed by atoms with Gasteiger partial charge in [0.25, 0.3) is 0 Å². The zero-order chi connectivity index (χ0) is 18.7. The lowest BCUT2D eigenvalue weighted by atomic mass is 9.99. The van der Waals surface area contributed by atoms with Crippen LogP contribution in [0.1, 0.15) is 26.7 Å². The van der Waals surface area contributed by atoms with E-state index in [9.17, 15) is 14.4 Å². The van der Waals surface area contributed by atoms with Gasteiger partial charge in [0, 0.05) is 5.25 Å². The number of nitrogens with one attached hydrogen (secondary N) is 4. The van der Waals surface area contributed by atoms with Gasteiger partial charge < -0.3 is 15.4 Å². The molecule has 0 aromatic heterocycles. The number of hydrogen-bond acceptors (Lipinski definition) is 8. The molecule has 0 aliphatic carbocycles. The Morgan fingerprint density at radius 1 is 1.27 bits per heavy atom. The molecule has 3 rings (SSSR count). The predicted molar refractivity (Wildman–Crippen MR) is 102 cm³/mol. The van der Waals surface area contributed by atoms with E-state index < -0.39 is 17.9 Å². The fraction of sp³-hybridized carbons (Fsp3) is 0.812. The monoisotopic (exact) mass is 402 g/mol. The van der Waals surface area contributed by atoms with Crippen molar-refractivity contribution in [2.24, 2.45) is 11.8 Å². The first-order valence-corrected chi connectivity index (χ1v) is 11.0. The SMILES string of the molecule is CCOC(=O)NC(=O)C1CCSC1NC(=O)C1NC2NCC(C)CC2S1. The van der Waals surface area contributed by atoms with Gasteiger partial charge in [-0.15, -0.1) is 23.5 Å². The highest BCUT2D eigenvalue weighted by molar-refractivity contribution is 8.01. The molecule has 3 heterocycles. The summed E-state index contributed by atoms with van der Waals surface area (Å²) in [4.78, 5) is 36.4. The summed E-state index contributed by atoms with van der Waals surface area (Å²) in [6, 6.07) is 0. The smallest absolute Gasteiger partial charge is 0.413 e. The van der Waals surface area contributed by atoms with Gasteiger partial charge in [-0.25, -0.2) is 4.79 Å². The van der Waals surface area contributed by atoms with E-state index in [0.717, 1.165) is 18.7 Å². The number of piperidine rings is 1. The highest BCUT2D eigenvalue weighted by Crippen LogP contribution is 2.35. The third-order valence-corrected chi connectivity index (χ3v) is 7.50. The number of imide groups is 1. The van der Waals surface area contributed by atoms with E-state index in [1.165, 1.54) is 11.8 Å². The van der Waals surface area contributed by atoms with Crippen LogP contribution in [-0.2, 0) is 14.3 Å². The quantitative estimate of drug-likeness (QED) is 0.537. The highest BCUT2D eigenvalue weighted by Gasteiger charge is 2.42. The lowest BCUT2D eigenvalue weighted by Crippen LogP contribution is -2.54. The second kappa shape index (κ2) is 8.81. The highest BCUT2D eigenvalue weighted by atomic mass is 32.2. The molecule has 3 aliphatic heterocycles. The number of ether oxygens (including phenoxy) is 1. The van der Waals surface area contributed by atoms with E-state index in [1.807, 2.05) is 0 Å². The molecule has 3 fully saturated rings. The third kappa shape index (κ3) is 4.65. The number of fused-ring (bicyclic) bond motifs is 1. The largest absolute Gasteiger partial charge is 0.450 e. The standard InChI is InChI=1S/C16H26N4O4S2/c1-3-24-16(23)20-12(21)9-4-5-25-14(9)19-13(22)15-18-11-10(26-15)6-8(2)7-17-11/h8-11,14-15,17-18H,3-7H2,1-2H3,(H,19,22)(H,20,21,23). The maximum absolute atomic E-state index is 12.7. The molecule has 0 saturated carbocycles. The van der Waals surface area contributed by atoms with E-state index in [2.05, 4.69) is 28.2 Å². The Labute approximate surface area is 161 Å². The number of alkyl carbamates (subject to hydrolysis) is 1. The number of carbonyl (C=O) groups excluding carboxylic acids is 3. The van der Waals surface area contributed by atoms with Crippen molar-refractivity contribution in [3.8, 4) is 0 Å². The molecule has 3 saturated heterocycles. The van der Waals surface area contributed by atoms with E-state index in [0.29, 0.717) is 17.6 Å². The summed E-state index contributed by atoms with van der Waals surface area (Å²) in [5, 5.41) is 11.7. The lowest BCUT2D eigenvalue weighted by molar-refractivity contribution is -0.125. The van der Waals surface area contributed by atoms with E-state index in [4.69, 9.17) is 4.74 Å². The molecule has 0 spiro atoms. The van der Waals surface area contributed by atoms with Gasteiger partial charge in [0.05, 0.1) is 24.1 Å². The number of carbonyl (C=O) groups is 3. The Hall–Kier alpha value is -0.970. The van der Waals surface area contributed by atoms with Gasteiger partial charge in [-0.1, -0.05) is 6.92 Å². The number of thioether (sulfide) groups is 2. The molecule has 6 atom stereocenters. The van der Waals surface area contributed by atoms with Gasteiger partial charge in [-0.05, 0) is 38.0 Å². The van der Waals surface area contributed by atoms with Crippen LogP contribution in [0.2, 0.25) is 0 Å². The van der Waals surface area contributed by atoms with Crippen LogP contribution < -0.4 is 21.3 Å². The Morgan fingerprint density at radius 2 is 2.08 bits per heavy atom. The zero-order valence-corrected chi connectivity index (χ0v) is 16.6.